The smallest absolute Gasteiger partial charge is 0.254 e. The predicted molar refractivity (Wildman–Crippen MR) is 79.6 cm³/mol. The summed E-state index contributed by atoms with van der Waals surface area (Å²) in [5.41, 5.74) is 0.627. The zero-order valence-corrected chi connectivity index (χ0v) is 12.7. The average Bonchev–Trinajstić information content (AvgIpc) is 2.72. The molecule has 0 unspecified atom stereocenters. The Morgan fingerprint density at radius 3 is 2.95 bits per heavy atom. The monoisotopic (exact) mass is 293 g/mol. The second-order valence-corrected chi connectivity index (χ2v) is 5.17. The third-order valence-corrected chi connectivity index (χ3v) is 3.53. The van der Waals surface area contributed by atoms with Crippen LogP contribution in [0.3, 0.4) is 0 Å². The van der Waals surface area contributed by atoms with Crippen LogP contribution in [-0.4, -0.2) is 74.2 Å². The zero-order chi connectivity index (χ0) is 15.1. The van der Waals surface area contributed by atoms with Gasteiger partial charge in [-0.2, -0.15) is 0 Å². The summed E-state index contributed by atoms with van der Waals surface area (Å²) in [6.07, 6.45) is 2.61. The number of pyridine rings is 1. The SMILES string of the molecule is COCCOc1cc(C(=O)N2CCCN(C)CC2)ccn1. The summed E-state index contributed by atoms with van der Waals surface area (Å²) in [4.78, 5) is 20.8. The van der Waals surface area contributed by atoms with Gasteiger partial charge in [0.05, 0.1) is 6.61 Å². The first kappa shape index (κ1) is 15.7. The number of rotatable bonds is 5. The highest BCUT2D eigenvalue weighted by Crippen LogP contribution is 2.13. The number of aromatic nitrogens is 1. The van der Waals surface area contributed by atoms with Crippen molar-refractivity contribution in [3.63, 3.8) is 0 Å². The lowest BCUT2D eigenvalue weighted by atomic mass is 10.2. The summed E-state index contributed by atoms with van der Waals surface area (Å²) in [6, 6.07) is 3.44. The van der Waals surface area contributed by atoms with Crippen molar-refractivity contribution in [1.82, 2.24) is 14.8 Å². The van der Waals surface area contributed by atoms with Crippen LogP contribution in [0.4, 0.5) is 0 Å². The van der Waals surface area contributed by atoms with Crippen molar-refractivity contribution in [2.75, 3.05) is 53.6 Å². The Bertz CT molecular complexity index is 467. The molecule has 0 N–H and O–H groups in total. The first-order chi connectivity index (χ1) is 10.2. The third kappa shape index (κ3) is 4.68. The Balaban J connectivity index is 1.99. The van der Waals surface area contributed by atoms with Gasteiger partial charge in [0.1, 0.15) is 6.61 Å². The summed E-state index contributed by atoms with van der Waals surface area (Å²) in [5.74, 6) is 0.508. The lowest BCUT2D eigenvalue weighted by molar-refractivity contribution is 0.0762. The molecule has 6 nitrogen and oxygen atoms in total. The highest BCUT2D eigenvalue weighted by atomic mass is 16.5. The van der Waals surface area contributed by atoms with Gasteiger partial charge in [-0.1, -0.05) is 0 Å². The molecular formula is C15H23N3O3. The van der Waals surface area contributed by atoms with Crippen molar-refractivity contribution in [3.05, 3.63) is 23.9 Å². The van der Waals surface area contributed by atoms with Crippen molar-refractivity contribution >= 4 is 5.91 Å². The molecule has 1 saturated heterocycles. The van der Waals surface area contributed by atoms with E-state index in [-0.39, 0.29) is 5.91 Å². The van der Waals surface area contributed by atoms with E-state index in [4.69, 9.17) is 9.47 Å². The Labute approximate surface area is 125 Å². The molecule has 0 bridgehead atoms. The number of carbonyl (C=O) groups is 1. The molecule has 0 atom stereocenters. The van der Waals surface area contributed by atoms with E-state index in [9.17, 15) is 4.79 Å². The van der Waals surface area contributed by atoms with Crippen LogP contribution in [0.1, 0.15) is 16.8 Å². The van der Waals surface area contributed by atoms with Crippen LogP contribution >= 0.6 is 0 Å². The van der Waals surface area contributed by atoms with E-state index in [0.29, 0.717) is 24.7 Å². The molecule has 21 heavy (non-hydrogen) atoms. The summed E-state index contributed by atoms with van der Waals surface area (Å²) in [6.45, 7) is 4.43. The van der Waals surface area contributed by atoms with Crippen LogP contribution in [0.15, 0.2) is 18.3 Å². The maximum absolute atomic E-state index is 12.5. The van der Waals surface area contributed by atoms with Crippen molar-refractivity contribution < 1.29 is 14.3 Å². The molecule has 2 rings (SSSR count). The molecule has 1 aromatic rings. The molecule has 0 spiro atoms. The van der Waals surface area contributed by atoms with Crippen LogP contribution in [0.5, 0.6) is 5.88 Å². The molecule has 0 saturated carbocycles. The second-order valence-electron chi connectivity index (χ2n) is 5.17. The quantitative estimate of drug-likeness (QED) is 0.755. The summed E-state index contributed by atoms with van der Waals surface area (Å²) >= 11 is 0. The zero-order valence-electron chi connectivity index (χ0n) is 12.7. The second kappa shape index (κ2) is 7.95. The van der Waals surface area contributed by atoms with Gasteiger partial charge in [0, 0.05) is 44.6 Å². The number of amides is 1. The van der Waals surface area contributed by atoms with E-state index >= 15 is 0 Å². The van der Waals surface area contributed by atoms with Gasteiger partial charge in [-0.3, -0.25) is 4.79 Å². The number of ether oxygens (including phenoxy) is 2. The summed E-state index contributed by atoms with van der Waals surface area (Å²) in [7, 11) is 3.70. The van der Waals surface area contributed by atoms with E-state index in [0.717, 1.165) is 32.6 Å². The third-order valence-electron chi connectivity index (χ3n) is 3.53. The molecule has 1 aliphatic rings. The number of hydrogen-bond donors (Lipinski definition) is 0. The van der Waals surface area contributed by atoms with Crippen LogP contribution in [0.2, 0.25) is 0 Å². The topological polar surface area (TPSA) is 54.9 Å². The van der Waals surface area contributed by atoms with Crippen LogP contribution in [0.25, 0.3) is 0 Å². The van der Waals surface area contributed by atoms with Crippen LogP contribution in [-0.2, 0) is 4.74 Å². The molecular weight excluding hydrogens is 270 g/mol. The van der Waals surface area contributed by atoms with Gasteiger partial charge < -0.3 is 19.3 Å². The van der Waals surface area contributed by atoms with Crippen molar-refractivity contribution in [1.29, 1.82) is 0 Å². The van der Waals surface area contributed by atoms with Crippen molar-refractivity contribution in [2.24, 2.45) is 0 Å². The molecule has 0 radical (unpaired) electrons. The first-order valence-corrected chi connectivity index (χ1v) is 7.26. The van der Waals surface area contributed by atoms with Crippen molar-refractivity contribution in [2.45, 2.75) is 6.42 Å². The fourth-order valence-corrected chi connectivity index (χ4v) is 2.28. The normalized spacial score (nSPS) is 16.6. The minimum atomic E-state index is 0.0456. The van der Waals surface area contributed by atoms with E-state index < -0.39 is 0 Å². The standard InChI is InChI=1S/C15H23N3O3/c1-17-6-3-7-18(9-8-17)15(19)13-4-5-16-14(12-13)21-11-10-20-2/h4-5,12H,3,6-11H2,1-2H3. The minimum Gasteiger partial charge on any atom is -0.475 e. The Morgan fingerprint density at radius 2 is 2.14 bits per heavy atom. The number of methoxy groups -OCH3 is 1. The number of likely N-dealkylation sites (N-methyl/N-ethyl adjacent to an activating group) is 1. The van der Waals surface area contributed by atoms with Crippen LogP contribution in [0, 0.1) is 0 Å². The molecule has 2 heterocycles. The van der Waals surface area contributed by atoms with Gasteiger partial charge in [0.25, 0.3) is 5.91 Å². The summed E-state index contributed by atoms with van der Waals surface area (Å²) in [5, 5.41) is 0. The molecule has 0 aromatic carbocycles. The summed E-state index contributed by atoms with van der Waals surface area (Å²) < 4.78 is 10.4. The highest BCUT2D eigenvalue weighted by Gasteiger charge is 2.19. The van der Waals surface area contributed by atoms with Crippen molar-refractivity contribution in [3.8, 4) is 5.88 Å². The van der Waals surface area contributed by atoms with Gasteiger partial charge in [0.2, 0.25) is 5.88 Å². The fourth-order valence-electron chi connectivity index (χ4n) is 2.28. The molecule has 0 aliphatic carbocycles. The van der Waals surface area contributed by atoms with Gasteiger partial charge in [-0.15, -0.1) is 0 Å². The Morgan fingerprint density at radius 1 is 1.29 bits per heavy atom. The lowest BCUT2D eigenvalue weighted by Gasteiger charge is -2.20. The van der Waals surface area contributed by atoms with Gasteiger partial charge in [0.15, 0.2) is 0 Å². The number of nitrogens with zero attached hydrogens (tertiary/aromatic N) is 3. The van der Waals surface area contributed by atoms with Crippen LogP contribution < -0.4 is 4.74 Å². The van der Waals surface area contributed by atoms with Gasteiger partial charge >= 0.3 is 0 Å². The predicted octanol–water partition coefficient (Wildman–Crippen LogP) is 0.884. The first-order valence-electron chi connectivity index (χ1n) is 7.26. The maximum Gasteiger partial charge on any atom is 0.254 e. The van der Waals surface area contributed by atoms with E-state index in [2.05, 4.69) is 16.9 Å². The largest absolute Gasteiger partial charge is 0.475 e. The maximum atomic E-state index is 12.5. The number of hydrogen-bond acceptors (Lipinski definition) is 5. The Hall–Kier alpha value is -1.66. The minimum absolute atomic E-state index is 0.0456. The molecule has 116 valence electrons. The Kier molecular flexibility index (Phi) is 5.95. The molecule has 1 aliphatic heterocycles. The molecule has 1 amide bonds. The highest BCUT2D eigenvalue weighted by molar-refractivity contribution is 5.94. The molecule has 1 aromatic heterocycles. The molecule has 6 heteroatoms. The van der Waals surface area contributed by atoms with Gasteiger partial charge in [-0.05, 0) is 26.1 Å². The van der Waals surface area contributed by atoms with E-state index in [1.165, 1.54) is 0 Å². The molecule has 1 fully saturated rings. The van der Waals surface area contributed by atoms with E-state index in [1.54, 1.807) is 25.4 Å². The lowest BCUT2D eigenvalue weighted by Crippen LogP contribution is -2.34. The fraction of sp³-hybridized carbons (Fsp3) is 0.600. The average molecular weight is 293 g/mol. The van der Waals surface area contributed by atoms with E-state index in [1.807, 2.05) is 4.90 Å². The van der Waals surface area contributed by atoms with Gasteiger partial charge in [-0.25, -0.2) is 4.98 Å². The number of carbonyl (C=O) groups excluding carboxylic acids is 1.